The Balaban J connectivity index is 0.00000280. The standard InChI is InChI=1S/C21H31N5O.HI/c1-5-22-19(23-14-20(3,27)17-12-25-26(4)13-17)24-15-21(10-11-21)18-9-7-6-8-16(18)2;/h6-9,12-13,27H,5,10-11,14-15H2,1-4H3,(H2,22,23,24);1H. The van der Waals surface area contributed by atoms with Crippen molar-refractivity contribution >= 4 is 29.9 Å². The minimum Gasteiger partial charge on any atom is -0.383 e. The number of rotatable bonds is 7. The Bertz CT molecular complexity index is 811. The summed E-state index contributed by atoms with van der Waals surface area (Å²) >= 11 is 0. The second kappa shape index (κ2) is 9.26. The van der Waals surface area contributed by atoms with Gasteiger partial charge in [-0.3, -0.25) is 4.68 Å². The predicted molar refractivity (Wildman–Crippen MR) is 124 cm³/mol. The molecule has 0 spiro atoms. The fourth-order valence-electron chi connectivity index (χ4n) is 3.48. The Morgan fingerprint density at radius 2 is 2.04 bits per heavy atom. The molecule has 2 aromatic rings. The zero-order valence-electron chi connectivity index (χ0n) is 17.2. The zero-order valence-corrected chi connectivity index (χ0v) is 19.5. The predicted octanol–water partition coefficient (Wildman–Crippen LogP) is 2.84. The number of aliphatic hydroxyl groups is 1. The monoisotopic (exact) mass is 497 g/mol. The van der Waals surface area contributed by atoms with Crippen molar-refractivity contribution < 1.29 is 5.11 Å². The molecule has 1 unspecified atom stereocenters. The largest absolute Gasteiger partial charge is 0.383 e. The van der Waals surface area contributed by atoms with Gasteiger partial charge in [-0.2, -0.15) is 5.10 Å². The van der Waals surface area contributed by atoms with Crippen LogP contribution in [0.2, 0.25) is 0 Å². The van der Waals surface area contributed by atoms with Gasteiger partial charge in [0.05, 0.1) is 12.7 Å². The van der Waals surface area contributed by atoms with Gasteiger partial charge in [0, 0.05) is 37.3 Å². The first-order valence-corrected chi connectivity index (χ1v) is 9.66. The van der Waals surface area contributed by atoms with Crippen LogP contribution in [0.3, 0.4) is 0 Å². The summed E-state index contributed by atoms with van der Waals surface area (Å²) in [7, 11) is 1.84. The Labute approximate surface area is 184 Å². The maximum Gasteiger partial charge on any atom is 0.191 e. The van der Waals surface area contributed by atoms with E-state index in [1.165, 1.54) is 24.0 Å². The number of halogens is 1. The topological polar surface area (TPSA) is 74.5 Å². The second-order valence-electron chi connectivity index (χ2n) is 7.82. The van der Waals surface area contributed by atoms with Gasteiger partial charge in [-0.1, -0.05) is 24.3 Å². The number of aryl methyl sites for hydroxylation is 2. The number of hydrogen-bond acceptors (Lipinski definition) is 3. The van der Waals surface area contributed by atoms with Crippen LogP contribution in [0.25, 0.3) is 0 Å². The quantitative estimate of drug-likeness (QED) is 0.313. The number of nitrogens with zero attached hydrogens (tertiary/aromatic N) is 3. The molecule has 1 fully saturated rings. The molecule has 28 heavy (non-hydrogen) atoms. The van der Waals surface area contributed by atoms with Gasteiger partial charge in [-0.25, -0.2) is 4.99 Å². The van der Waals surface area contributed by atoms with Crippen molar-refractivity contribution in [2.45, 2.75) is 44.6 Å². The van der Waals surface area contributed by atoms with Gasteiger partial charge >= 0.3 is 0 Å². The van der Waals surface area contributed by atoms with Gasteiger partial charge in [0.25, 0.3) is 0 Å². The van der Waals surface area contributed by atoms with Crippen molar-refractivity contribution in [1.29, 1.82) is 0 Å². The number of hydrogen-bond donors (Lipinski definition) is 3. The third kappa shape index (κ3) is 5.26. The van der Waals surface area contributed by atoms with Crippen LogP contribution < -0.4 is 10.6 Å². The highest BCUT2D eigenvalue weighted by Crippen LogP contribution is 2.48. The van der Waals surface area contributed by atoms with Crippen molar-refractivity contribution in [2.75, 3.05) is 19.6 Å². The molecule has 0 aliphatic heterocycles. The summed E-state index contributed by atoms with van der Waals surface area (Å²) in [5.74, 6) is 0.738. The van der Waals surface area contributed by atoms with Crippen LogP contribution in [0.1, 0.15) is 43.4 Å². The Kier molecular flexibility index (Phi) is 7.50. The van der Waals surface area contributed by atoms with Crippen LogP contribution >= 0.6 is 24.0 Å². The lowest BCUT2D eigenvalue weighted by Crippen LogP contribution is -2.42. The fraction of sp³-hybridized carbons (Fsp3) is 0.524. The van der Waals surface area contributed by atoms with Gasteiger partial charge < -0.3 is 15.7 Å². The average Bonchev–Trinajstić information content (AvgIpc) is 3.29. The zero-order chi connectivity index (χ0) is 19.5. The molecule has 0 radical (unpaired) electrons. The molecule has 1 aromatic heterocycles. The van der Waals surface area contributed by atoms with Gasteiger partial charge in [0.15, 0.2) is 5.96 Å². The third-order valence-electron chi connectivity index (χ3n) is 5.38. The summed E-state index contributed by atoms with van der Waals surface area (Å²) in [6.45, 7) is 7.89. The van der Waals surface area contributed by atoms with Crippen LogP contribution in [-0.4, -0.2) is 40.5 Å². The number of aliphatic imine (C=N–C) groups is 1. The van der Waals surface area contributed by atoms with E-state index in [1.54, 1.807) is 17.8 Å². The number of nitrogens with one attached hydrogen (secondary N) is 2. The summed E-state index contributed by atoms with van der Waals surface area (Å²) in [6, 6.07) is 8.63. The molecular weight excluding hydrogens is 465 g/mol. The summed E-state index contributed by atoms with van der Waals surface area (Å²) in [4.78, 5) is 4.63. The van der Waals surface area contributed by atoms with Gasteiger partial charge in [-0.05, 0) is 44.7 Å². The number of benzene rings is 1. The fourth-order valence-corrected chi connectivity index (χ4v) is 3.48. The molecule has 1 aromatic carbocycles. The molecule has 3 rings (SSSR count). The first-order valence-electron chi connectivity index (χ1n) is 9.66. The molecule has 0 bridgehead atoms. The Morgan fingerprint density at radius 1 is 1.32 bits per heavy atom. The van der Waals surface area contributed by atoms with Crippen molar-refractivity contribution in [3.05, 3.63) is 53.3 Å². The Hall–Kier alpha value is -1.61. The normalized spacial score (nSPS) is 17.4. The van der Waals surface area contributed by atoms with Gasteiger partial charge in [0.1, 0.15) is 5.60 Å². The van der Waals surface area contributed by atoms with E-state index in [-0.39, 0.29) is 35.9 Å². The lowest BCUT2D eigenvalue weighted by atomic mass is 9.92. The smallest absolute Gasteiger partial charge is 0.191 e. The highest BCUT2D eigenvalue weighted by atomic mass is 127. The lowest BCUT2D eigenvalue weighted by Gasteiger charge is -2.23. The summed E-state index contributed by atoms with van der Waals surface area (Å²) in [5, 5.41) is 21.7. The minimum atomic E-state index is -1.05. The molecular formula is C21H32IN5O. The molecule has 1 atom stereocenters. The maximum atomic E-state index is 10.8. The summed E-state index contributed by atoms with van der Waals surface area (Å²) in [5.41, 5.74) is 2.69. The number of guanidine groups is 1. The first kappa shape index (κ1) is 22.7. The molecule has 6 nitrogen and oxygen atoms in total. The van der Waals surface area contributed by atoms with E-state index >= 15 is 0 Å². The van der Waals surface area contributed by atoms with E-state index in [9.17, 15) is 5.11 Å². The van der Waals surface area contributed by atoms with Crippen molar-refractivity contribution in [1.82, 2.24) is 20.4 Å². The molecule has 1 aliphatic carbocycles. The highest BCUT2D eigenvalue weighted by molar-refractivity contribution is 14.0. The average molecular weight is 497 g/mol. The summed E-state index contributed by atoms with van der Waals surface area (Å²) < 4.78 is 1.69. The molecule has 1 aliphatic rings. The van der Waals surface area contributed by atoms with Crippen LogP contribution in [0.15, 0.2) is 41.7 Å². The third-order valence-corrected chi connectivity index (χ3v) is 5.38. The van der Waals surface area contributed by atoms with Crippen molar-refractivity contribution in [2.24, 2.45) is 12.0 Å². The van der Waals surface area contributed by atoms with Crippen LogP contribution in [0.4, 0.5) is 0 Å². The molecule has 0 saturated heterocycles. The van der Waals surface area contributed by atoms with E-state index < -0.39 is 5.60 Å². The Morgan fingerprint density at radius 3 is 2.61 bits per heavy atom. The van der Waals surface area contributed by atoms with Crippen LogP contribution in [0, 0.1) is 6.92 Å². The van der Waals surface area contributed by atoms with Gasteiger partial charge in [-0.15, -0.1) is 24.0 Å². The molecule has 3 N–H and O–H groups in total. The molecule has 154 valence electrons. The van der Waals surface area contributed by atoms with E-state index in [0.717, 1.165) is 24.6 Å². The van der Waals surface area contributed by atoms with E-state index in [0.29, 0.717) is 0 Å². The lowest BCUT2D eigenvalue weighted by molar-refractivity contribution is 0.0672. The molecule has 0 amide bonds. The molecule has 1 saturated carbocycles. The van der Waals surface area contributed by atoms with E-state index in [4.69, 9.17) is 0 Å². The van der Waals surface area contributed by atoms with Crippen LogP contribution in [-0.2, 0) is 18.1 Å². The second-order valence-corrected chi connectivity index (χ2v) is 7.82. The summed E-state index contributed by atoms with van der Waals surface area (Å²) in [6.07, 6.45) is 5.90. The molecule has 7 heteroatoms. The SMILES string of the molecule is CCNC(=NCC(C)(O)c1cnn(C)c1)NCC1(c2ccccc2C)CC1.I. The minimum absolute atomic E-state index is 0. The van der Waals surface area contributed by atoms with E-state index in [1.807, 2.05) is 20.2 Å². The first-order chi connectivity index (χ1) is 12.9. The van der Waals surface area contributed by atoms with E-state index in [2.05, 4.69) is 51.9 Å². The number of aromatic nitrogens is 2. The highest BCUT2D eigenvalue weighted by Gasteiger charge is 2.44. The van der Waals surface area contributed by atoms with Gasteiger partial charge in [0.2, 0.25) is 0 Å². The van der Waals surface area contributed by atoms with Crippen molar-refractivity contribution in [3.63, 3.8) is 0 Å². The van der Waals surface area contributed by atoms with Crippen molar-refractivity contribution in [3.8, 4) is 0 Å². The molecule has 1 heterocycles. The maximum absolute atomic E-state index is 10.8. The van der Waals surface area contributed by atoms with Crippen LogP contribution in [0.5, 0.6) is 0 Å².